The van der Waals surface area contributed by atoms with Gasteiger partial charge in [-0.1, -0.05) is 54.6 Å². The van der Waals surface area contributed by atoms with Gasteiger partial charge in [0.1, 0.15) is 0 Å². The van der Waals surface area contributed by atoms with E-state index in [4.69, 9.17) is 0 Å². The largest absolute Gasteiger partial charge is 0.348 e. The molecule has 0 fully saturated rings. The van der Waals surface area contributed by atoms with Crippen LogP contribution in [0.1, 0.15) is 34.1 Å². The van der Waals surface area contributed by atoms with E-state index in [9.17, 15) is 4.79 Å². The van der Waals surface area contributed by atoms with Crippen molar-refractivity contribution in [3.05, 3.63) is 89.0 Å². The molecule has 0 bridgehead atoms. The first-order valence-corrected chi connectivity index (χ1v) is 8.65. The number of nitrogens with zero attached hydrogens (tertiary/aromatic N) is 2. The maximum atomic E-state index is 13.1. The summed E-state index contributed by atoms with van der Waals surface area (Å²) in [5.41, 5.74) is 5.50. The SMILES string of the molecule is Cc1[nH]cnc1CC(=O)N1CCc2ccccc2[C@@H]1c1ccccc1. The van der Waals surface area contributed by atoms with Crippen LogP contribution in [-0.2, 0) is 17.6 Å². The second-order valence-electron chi connectivity index (χ2n) is 6.50. The Labute approximate surface area is 147 Å². The van der Waals surface area contributed by atoms with Crippen molar-refractivity contribution in [2.24, 2.45) is 0 Å². The normalized spacial score (nSPS) is 16.5. The Morgan fingerprint density at radius 1 is 1.16 bits per heavy atom. The lowest BCUT2D eigenvalue weighted by atomic mass is 9.88. The Morgan fingerprint density at radius 2 is 1.92 bits per heavy atom. The molecule has 0 aliphatic carbocycles. The van der Waals surface area contributed by atoms with Crippen molar-refractivity contribution in [1.82, 2.24) is 14.9 Å². The number of carbonyl (C=O) groups is 1. The zero-order valence-corrected chi connectivity index (χ0v) is 14.3. The zero-order chi connectivity index (χ0) is 17.2. The number of imidazole rings is 1. The third-order valence-corrected chi connectivity index (χ3v) is 4.97. The predicted molar refractivity (Wildman–Crippen MR) is 97.2 cm³/mol. The van der Waals surface area contributed by atoms with Crippen LogP contribution in [0, 0.1) is 6.92 Å². The van der Waals surface area contributed by atoms with Gasteiger partial charge in [0, 0.05) is 12.2 Å². The van der Waals surface area contributed by atoms with Crippen LogP contribution in [0.3, 0.4) is 0 Å². The molecule has 2 aromatic carbocycles. The molecular weight excluding hydrogens is 310 g/mol. The van der Waals surface area contributed by atoms with Gasteiger partial charge in [-0.05, 0) is 30.0 Å². The fourth-order valence-electron chi connectivity index (χ4n) is 3.64. The number of benzene rings is 2. The van der Waals surface area contributed by atoms with Crippen molar-refractivity contribution in [2.75, 3.05) is 6.54 Å². The van der Waals surface area contributed by atoms with Crippen LogP contribution in [0.4, 0.5) is 0 Å². The summed E-state index contributed by atoms with van der Waals surface area (Å²) >= 11 is 0. The summed E-state index contributed by atoms with van der Waals surface area (Å²) in [6.07, 6.45) is 2.88. The number of nitrogens with one attached hydrogen (secondary N) is 1. The third-order valence-electron chi connectivity index (χ3n) is 4.97. The average Bonchev–Trinajstić information content (AvgIpc) is 3.06. The fourth-order valence-corrected chi connectivity index (χ4v) is 3.64. The number of aryl methyl sites for hydroxylation is 1. The first kappa shape index (κ1) is 15.6. The second kappa shape index (κ2) is 6.55. The molecule has 1 atom stereocenters. The molecule has 1 aliphatic heterocycles. The van der Waals surface area contributed by atoms with Crippen molar-refractivity contribution < 1.29 is 4.79 Å². The lowest BCUT2D eigenvalue weighted by Gasteiger charge is -2.38. The first-order chi connectivity index (χ1) is 12.2. The van der Waals surface area contributed by atoms with Gasteiger partial charge < -0.3 is 9.88 Å². The van der Waals surface area contributed by atoms with Gasteiger partial charge in [0.2, 0.25) is 5.91 Å². The predicted octanol–water partition coefficient (Wildman–Crippen LogP) is 3.43. The van der Waals surface area contributed by atoms with Crippen LogP contribution in [0.25, 0.3) is 0 Å². The Bertz CT molecular complexity index is 885. The number of carbonyl (C=O) groups excluding carboxylic acids is 1. The molecule has 4 nitrogen and oxygen atoms in total. The minimum Gasteiger partial charge on any atom is -0.348 e. The van der Waals surface area contributed by atoms with Crippen molar-refractivity contribution >= 4 is 5.91 Å². The minimum absolute atomic E-state index is 0.0297. The molecule has 0 unspecified atom stereocenters. The number of fused-ring (bicyclic) bond motifs is 1. The van der Waals surface area contributed by atoms with E-state index in [0.717, 1.165) is 29.9 Å². The van der Waals surface area contributed by atoms with Crippen LogP contribution in [-0.4, -0.2) is 27.3 Å². The van der Waals surface area contributed by atoms with Gasteiger partial charge >= 0.3 is 0 Å². The monoisotopic (exact) mass is 331 g/mol. The number of amides is 1. The molecule has 3 aromatic rings. The van der Waals surface area contributed by atoms with Gasteiger partial charge in [0.05, 0.1) is 24.5 Å². The van der Waals surface area contributed by atoms with Crippen LogP contribution in [0.2, 0.25) is 0 Å². The van der Waals surface area contributed by atoms with E-state index in [0.29, 0.717) is 6.42 Å². The van der Waals surface area contributed by atoms with E-state index >= 15 is 0 Å². The highest BCUT2D eigenvalue weighted by Gasteiger charge is 2.32. The molecular formula is C21H21N3O. The third kappa shape index (κ3) is 2.95. The van der Waals surface area contributed by atoms with E-state index in [2.05, 4.69) is 46.4 Å². The van der Waals surface area contributed by atoms with Gasteiger partial charge in [0.15, 0.2) is 0 Å². The van der Waals surface area contributed by atoms with E-state index in [-0.39, 0.29) is 11.9 Å². The topological polar surface area (TPSA) is 49.0 Å². The lowest BCUT2D eigenvalue weighted by molar-refractivity contribution is -0.132. The average molecular weight is 331 g/mol. The fraction of sp³-hybridized carbons (Fsp3) is 0.238. The van der Waals surface area contributed by atoms with Crippen LogP contribution >= 0.6 is 0 Å². The molecule has 2 heterocycles. The quantitative estimate of drug-likeness (QED) is 0.799. The maximum Gasteiger partial charge on any atom is 0.229 e. The summed E-state index contributed by atoms with van der Waals surface area (Å²) in [4.78, 5) is 22.4. The molecule has 0 saturated heterocycles. The Kier molecular flexibility index (Phi) is 4.10. The number of hydrogen-bond acceptors (Lipinski definition) is 2. The van der Waals surface area contributed by atoms with Crippen LogP contribution in [0.5, 0.6) is 0 Å². The molecule has 4 rings (SSSR count). The summed E-state index contributed by atoms with van der Waals surface area (Å²) < 4.78 is 0. The molecule has 0 spiro atoms. The number of hydrogen-bond donors (Lipinski definition) is 1. The highest BCUT2D eigenvalue weighted by Crippen LogP contribution is 2.35. The zero-order valence-electron chi connectivity index (χ0n) is 14.3. The smallest absolute Gasteiger partial charge is 0.229 e. The molecule has 126 valence electrons. The first-order valence-electron chi connectivity index (χ1n) is 8.65. The molecule has 1 N–H and O–H groups in total. The van der Waals surface area contributed by atoms with Crippen molar-refractivity contribution in [2.45, 2.75) is 25.8 Å². The molecule has 0 saturated carbocycles. The summed E-state index contributed by atoms with van der Waals surface area (Å²) in [5.74, 6) is 0.124. The van der Waals surface area contributed by atoms with Crippen LogP contribution < -0.4 is 0 Å². The van der Waals surface area contributed by atoms with Gasteiger partial charge in [0.25, 0.3) is 0 Å². The maximum absolute atomic E-state index is 13.1. The molecule has 25 heavy (non-hydrogen) atoms. The molecule has 1 amide bonds. The van der Waals surface area contributed by atoms with E-state index < -0.39 is 0 Å². The highest BCUT2D eigenvalue weighted by atomic mass is 16.2. The number of aromatic nitrogens is 2. The lowest BCUT2D eigenvalue weighted by Crippen LogP contribution is -2.41. The van der Waals surface area contributed by atoms with E-state index in [1.165, 1.54) is 11.1 Å². The molecule has 0 radical (unpaired) electrons. The molecule has 4 heteroatoms. The number of H-pyrrole nitrogens is 1. The van der Waals surface area contributed by atoms with Crippen molar-refractivity contribution in [3.63, 3.8) is 0 Å². The van der Waals surface area contributed by atoms with Gasteiger partial charge in [-0.2, -0.15) is 0 Å². The van der Waals surface area contributed by atoms with Gasteiger partial charge in [-0.3, -0.25) is 4.79 Å². The summed E-state index contributed by atoms with van der Waals surface area (Å²) in [5, 5.41) is 0. The summed E-state index contributed by atoms with van der Waals surface area (Å²) in [7, 11) is 0. The van der Waals surface area contributed by atoms with E-state index in [1.54, 1.807) is 6.33 Å². The second-order valence-corrected chi connectivity index (χ2v) is 6.50. The van der Waals surface area contributed by atoms with Crippen LogP contribution in [0.15, 0.2) is 60.9 Å². The minimum atomic E-state index is -0.0297. The van der Waals surface area contributed by atoms with Gasteiger partial charge in [-0.15, -0.1) is 0 Å². The Balaban J connectivity index is 1.71. The molecule has 1 aromatic heterocycles. The number of rotatable bonds is 3. The van der Waals surface area contributed by atoms with E-state index in [1.807, 2.05) is 30.0 Å². The highest BCUT2D eigenvalue weighted by molar-refractivity contribution is 5.80. The Hall–Kier alpha value is -2.88. The standard InChI is InChI=1S/C21H21N3O/c1-15-19(23-14-22-15)13-20(25)24-12-11-16-7-5-6-10-18(16)21(24)17-8-3-2-4-9-17/h2-10,14,21H,11-13H2,1H3,(H,22,23)/t21-/m0/s1. The summed E-state index contributed by atoms with van der Waals surface area (Å²) in [6.45, 7) is 2.69. The van der Waals surface area contributed by atoms with Crippen molar-refractivity contribution in [3.8, 4) is 0 Å². The van der Waals surface area contributed by atoms with Crippen molar-refractivity contribution in [1.29, 1.82) is 0 Å². The Morgan fingerprint density at radius 3 is 2.68 bits per heavy atom. The molecule has 1 aliphatic rings. The number of aromatic amines is 1. The van der Waals surface area contributed by atoms with Gasteiger partial charge in [-0.25, -0.2) is 4.98 Å². The summed E-state index contributed by atoms with van der Waals surface area (Å²) in [6, 6.07) is 18.7.